The van der Waals surface area contributed by atoms with Crippen LogP contribution in [-0.2, 0) is 19.1 Å². The molecular weight excluding hydrogens is 484 g/mol. The molecule has 4 fully saturated rings. The molecule has 3 saturated carbocycles. The number of halogens is 3. The van der Waals surface area contributed by atoms with Gasteiger partial charge in [0.25, 0.3) is 0 Å². The van der Waals surface area contributed by atoms with Crippen LogP contribution >= 0.6 is 11.6 Å². The number of aliphatic hydroxyl groups excluding tert-OH is 1. The Balaban J connectivity index is 1.62. The average molecular weight is 514 g/mol. The second kappa shape index (κ2) is 7.43. The Kier molecular flexibility index (Phi) is 5.31. The van der Waals surface area contributed by atoms with E-state index in [9.17, 15) is 19.5 Å². The van der Waals surface area contributed by atoms with Gasteiger partial charge in [0, 0.05) is 34.4 Å². The number of rotatable bonds is 3. The zero-order valence-electron chi connectivity index (χ0n) is 20.1. The maximum atomic E-state index is 17.3. The van der Waals surface area contributed by atoms with Crippen molar-refractivity contribution in [1.82, 2.24) is 5.32 Å². The first-order chi connectivity index (χ1) is 16.1. The van der Waals surface area contributed by atoms with Crippen LogP contribution in [0.2, 0.25) is 0 Å². The van der Waals surface area contributed by atoms with Gasteiger partial charge in [0.1, 0.15) is 11.9 Å². The molecule has 5 rings (SSSR count). The van der Waals surface area contributed by atoms with Gasteiger partial charge in [-0.15, -0.1) is 0 Å². The summed E-state index contributed by atoms with van der Waals surface area (Å²) in [4.78, 5) is 36.8. The number of aliphatic hydroxyl groups is 1. The lowest BCUT2D eigenvalue weighted by Gasteiger charge is -2.63. The van der Waals surface area contributed by atoms with Crippen LogP contribution in [-0.4, -0.2) is 64.0 Å². The zero-order valence-corrected chi connectivity index (χ0v) is 20.8. The standard InChI is InChI=1S/C25H30ClF2NO6/c1-21(2)29-17-9-13-14-8-16(27)15-7-12(30)5-6-22(15,3)24(14,28)18(31)10-23(13,4)25(17,35-21)19(32)11-34-20(26)33/h5-7,13-14,16-18,29,31H,8-11H2,1-4H3/t13?,14?,16-,17+,18-,22?,23?,24-,25-/m0/s1. The molecule has 2 N–H and O–H groups in total. The summed E-state index contributed by atoms with van der Waals surface area (Å²) in [5.41, 5.74) is -8.43. The molecule has 5 aliphatic rings. The average Bonchev–Trinajstić information content (AvgIpc) is 3.16. The third-order valence-corrected chi connectivity index (χ3v) is 9.63. The molecule has 7 nitrogen and oxygen atoms in total. The minimum Gasteiger partial charge on any atom is -0.446 e. The molecule has 9 atom stereocenters. The fraction of sp³-hybridized carbons (Fsp3) is 0.720. The zero-order chi connectivity index (χ0) is 25.8. The first kappa shape index (κ1) is 25.0. The van der Waals surface area contributed by atoms with Crippen LogP contribution in [0.15, 0.2) is 23.8 Å². The SMILES string of the molecule is CC1(C)N[C@@H]2CC3C4C[C@H](F)C5=CC(=O)C=CC5(C)[C@@]4(F)[C@@H](O)CC3(C)[C@]2(C(=O)COC(=O)Cl)O1. The van der Waals surface area contributed by atoms with Crippen LogP contribution in [0.1, 0.15) is 47.0 Å². The van der Waals surface area contributed by atoms with E-state index in [4.69, 9.17) is 21.1 Å². The second-order valence-corrected chi connectivity index (χ2v) is 11.9. The lowest BCUT2D eigenvalue weighted by atomic mass is 9.44. The molecule has 0 aromatic carbocycles. The van der Waals surface area contributed by atoms with Crippen molar-refractivity contribution in [3.63, 3.8) is 0 Å². The van der Waals surface area contributed by atoms with E-state index < -0.39 is 81.6 Å². The van der Waals surface area contributed by atoms with Crippen LogP contribution in [0.25, 0.3) is 0 Å². The number of hydrogen-bond acceptors (Lipinski definition) is 7. The Hall–Kier alpha value is -1.68. The Morgan fingerprint density at radius 1 is 1.26 bits per heavy atom. The van der Waals surface area contributed by atoms with Gasteiger partial charge in [-0.2, -0.15) is 0 Å². The summed E-state index contributed by atoms with van der Waals surface area (Å²) in [6.45, 7) is 6.17. The summed E-state index contributed by atoms with van der Waals surface area (Å²) in [6.07, 6.45) is 0.533. The van der Waals surface area contributed by atoms with E-state index in [1.165, 1.54) is 19.1 Å². The molecule has 0 radical (unpaired) electrons. The molecule has 4 unspecified atom stereocenters. The highest BCUT2D eigenvalue weighted by atomic mass is 35.5. The van der Waals surface area contributed by atoms with Gasteiger partial charge in [-0.3, -0.25) is 14.9 Å². The number of Topliss-reactive ketones (excluding diaryl/α,β-unsaturated/α-hetero) is 1. The van der Waals surface area contributed by atoms with E-state index in [0.29, 0.717) is 6.42 Å². The van der Waals surface area contributed by atoms with Gasteiger partial charge in [0.2, 0.25) is 5.78 Å². The highest BCUT2D eigenvalue weighted by molar-refractivity contribution is 6.61. The summed E-state index contributed by atoms with van der Waals surface area (Å²) in [6, 6.07) is -0.574. The van der Waals surface area contributed by atoms with Gasteiger partial charge < -0.3 is 14.6 Å². The molecule has 0 aromatic rings. The van der Waals surface area contributed by atoms with E-state index >= 15 is 8.78 Å². The molecule has 0 aromatic heterocycles. The molecule has 1 aliphatic heterocycles. The third kappa shape index (κ3) is 3.01. The highest BCUT2D eigenvalue weighted by Gasteiger charge is 2.80. The second-order valence-electron chi connectivity index (χ2n) is 11.6. The van der Waals surface area contributed by atoms with Crippen molar-refractivity contribution in [3.8, 4) is 0 Å². The Labute approximate surface area is 207 Å². The van der Waals surface area contributed by atoms with Crippen molar-refractivity contribution < 1.29 is 37.7 Å². The smallest absolute Gasteiger partial charge is 0.404 e. The lowest BCUT2D eigenvalue weighted by Crippen LogP contribution is -2.71. The van der Waals surface area contributed by atoms with Gasteiger partial charge in [-0.05, 0) is 63.7 Å². The number of ether oxygens (including phenoxy) is 2. The topological polar surface area (TPSA) is 102 Å². The summed E-state index contributed by atoms with van der Waals surface area (Å²) in [5, 5.41) is 14.8. The quantitative estimate of drug-likeness (QED) is 0.558. The minimum atomic E-state index is -2.26. The Bertz CT molecular complexity index is 1080. The third-order valence-electron chi connectivity index (χ3n) is 9.52. The molecule has 0 bridgehead atoms. The van der Waals surface area contributed by atoms with Crippen molar-refractivity contribution in [1.29, 1.82) is 0 Å². The fourth-order valence-corrected chi connectivity index (χ4v) is 8.29. The van der Waals surface area contributed by atoms with Gasteiger partial charge in [0.15, 0.2) is 23.7 Å². The van der Waals surface area contributed by atoms with Crippen molar-refractivity contribution in [3.05, 3.63) is 23.8 Å². The Morgan fingerprint density at radius 3 is 2.60 bits per heavy atom. The van der Waals surface area contributed by atoms with E-state index in [2.05, 4.69) is 5.32 Å². The van der Waals surface area contributed by atoms with E-state index in [0.717, 1.165) is 6.08 Å². The van der Waals surface area contributed by atoms with E-state index in [1.807, 2.05) is 0 Å². The number of carbonyl (C=O) groups is 3. The minimum absolute atomic E-state index is 0.0416. The summed E-state index contributed by atoms with van der Waals surface area (Å²) < 4.78 is 44.0. The van der Waals surface area contributed by atoms with Crippen LogP contribution in [0.3, 0.4) is 0 Å². The number of allylic oxidation sites excluding steroid dienone is 4. The number of fused-ring (bicyclic) bond motifs is 7. The van der Waals surface area contributed by atoms with Crippen molar-refractivity contribution >= 4 is 28.6 Å². The lowest BCUT2D eigenvalue weighted by molar-refractivity contribution is -0.236. The summed E-state index contributed by atoms with van der Waals surface area (Å²) in [7, 11) is 0. The van der Waals surface area contributed by atoms with E-state index in [1.54, 1.807) is 20.8 Å². The maximum absolute atomic E-state index is 17.3. The van der Waals surface area contributed by atoms with Gasteiger partial charge in [-0.1, -0.05) is 13.0 Å². The highest BCUT2D eigenvalue weighted by Crippen LogP contribution is 2.71. The predicted octanol–water partition coefficient (Wildman–Crippen LogP) is 3.32. The number of carbonyl (C=O) groups excluding carboxylic acids is 3. The summed E-state index contributed by atoms with van der Waals surface area (Å²) >= 11 is 5.30. The number of alkyl halides is 2. The van der Waals surface area contributed by atoms with Crippen LogP contribution in [0, 0.1) is 22.7 Å². The molecule has 0 amide bonds. The summed E-state index contributed by atoms with van der Waals surface area (Å²) in [5.74, 6) is -2.44. The largest absolute Gasteiger partial charge is 0.446 e. The molecule has 4 aliphatic carbocycles. The van der Waals surface area contributed by atoms with Crippen LogP contribution < -0.4 is 5.32 Å². The van der Waals surface area contributed by atoms with Crippen LogP contribution in [0.5, 0.6) is 0 Å². The molecule has 192 valence electrons. The number of nitrogens with one attached hydrogen (secondary N) is 1. The number of hydrogen-bond donors (Lipinski definition) is 2. The first-order valence-corrected chi connectivity index (χ1v) is 12.3. The van der Waals surface area contributed by atoms with Crippen LogP contribution in [0.4, 0.5) is 13.6 Å². The normalized spacial score (nSPS) is 49.4. The van der Waals surface area contributed by atoms with Gasteiger partial charge >= 0.3 is 5.43 Å². The molecule has 1 saturated heterocycles. The first-order valence-electron chi connectivity index (χ1n) is 11.9. The monoisotopic (exact) mass is 513 g/mol. The molecule has 35 heavy (non-hydrogen) atoms. The van der Waals surface area contributed by atoms with E-state index in [-0.39, 0.29) is 18.4 Å². The predicted molar refractivity (Wildman–Crippen MR) is 121 cm³/mol. The Morgan fingerprint density at radius 2 is 1.94 bits per heavy atom. The molecule has 10 heteroatoms. The molecule has 1 heterocycles. The van der Waals surface area contributed by atoms with Gasteiger partial charge in [0.05, 0.1) is 6.10 Å². The fourth-order valence-electron chi connectivity index (χ4n) is 8.23. The van der Waals surface area contributed by atoms with Gasteiger partial charge in [-0.25, -0.2) is 13.6 Å². The van der Waals surface area contributed by atoms with Crippen molar-refractivity contribution in [2.24, 2.45) is 22.7 Å². The molecule has 0 spiro atoms. The van der Waals surface area contributed by atoms with Crippen molar-refractivity contribution in [2.75, 3.05) is 6.61 Å². The molecular formula is C25H30ClF2NO6. The van der Waals surface area contributed by atoms with Crippen molar-refractivity contribution in [2.45, 2.75) is 82.3 Å². The number of ketones is 2. The maximum Gasteiger partial charge on any atom is 0.404 e.